The number of nitrogens with two attached hydrogens (primary N) is 2. The summed E-state index contributed by atoms with van der Waals surface area (Å²) in [6.07, 6.45) is 0. The first-order chi connectivity index (χ1) is 27.1. The molecule has 4 aromatic heterocycles. The third kappa shape index (κ3) is 20.9. The van der Waals surface area contributed by atoms with Gasteiger partial charge in [0, 0.05) is 11.8 Å². The van der Waals surface area contributed by atoms with E-state index in [2.05, 4.69) is 176 Å². The number of amides is 2. The van der Waals surface area contributed by atoms with Crippen LogP contribution in [0.3, 0.4) is 0 Å². The second-order valence-corrected chi connectivity index (χ2v) is 20.4. The van der Waals surface area contributed by atoms with Crippen molar-refractivity contribution in [2.75, 3.05) is 11.1 Å². The fourth-order valence-corrected chi connectivity index (χ4v) is 7.57. The van der Waals surface area contributed by atoms with Crippen LogP contribution in [0.5, 0.6) is 0 Å². The smallest absolute Gasteiger partial charge is 0.307 e. The number of aromatic nitrogens is 16. The third-order valence-corrected chi connectivity index (χ3v) is 8.29. The average molecular weight is 849 g/mol. The molecule has 0 spiro atoms. The first kappa shape index (κ1) is 54.4. The van der Waals surface area contributed by atoms with Gasteiger partial charge in [0.1, 0.15) is 0 Å². The number of nitrogen functional groups attached to an aromatic ring is 1. The summed E-state index contributed by atoms with van der Waals surface area (Å²) in [6.45, 7) is 37.3. The number of hydrogen-bond acceptors (Lipinski definition) is 17. The number of carboxylic acid groups (broad SMARTS) is 1. The van der Waals surface area contributed by atoms with Gasteiger partial charge in [0.2, 0.25) is 11.8 Å². The van der Waals surface area contributed by atoms with Gasteiger partial charge in [-0.25, -0.2) is 0 Å². The number of nitrogens with zero attached hydrogens (tertiary/aromatic N) is 12. The van der Waals surface area contributed by atoms with E-state index in [0.29, 0.717) is 24.7 Å². The summed E-state index contributed by atoms with van der Waals surface area (Å²) in [5.41, 5.74) is 9.26. The molecule has 4 aromatic rings. The fourth-order valence-electron chi connectivity index (χ4n) is 7.57. The van der Waals surface area contributed by atoms with Crippen LogP contribution in [0.15, 0.2) is 0 Å². The van der Waals surface area contributed by atoms with Crippen molar-refractivity contribution < 1.29 is 19.5 Å². The molecule has 0 aliphatic heterocycles. The minimum atomic E-state index is -0.699. The van der Waals surface area contributed by atoms with Crippen LogP contribution >= 0.6 is 0 Å². The van der Waals surface area contributed by atoms with Gasteiger partial charge in [-0.1, -0.05) is 145 Å². The summed E-state index contributed by atoms with van der Waals surface area (Å²) in [5.74, 6) is 0.144. The number of carbonyl (C=O) groups excluding carboxylic acids is 2. The maximum Gasteiger partial charge on any atom is 0.307 e. The molecule has 0 fully saturated rings. The molecule has 60 heavy (non-hydrogen) atoms. The first-order valence-electron chi connectivity index (χ1n) is 19.3. The standard InChI is InChI=1S/C12H23N5O.C11H21N5O.C10H20O2.C2H5N5.CH3N5/c1-11(2,3)9(12(4,5)6)10(18)13-7-8-14-16-17-15-8;1-10(2,3)7(11(4,5)6)8(17)12-9-13-15-16-14-9;1-9(2,3)7(8(11)12)10(4,5)6;3-1-2-4-6-7-5-2;2-1-3-5-6-4-1/h9H,7H2,1-6H3,(H,13,18)(H,14,15,16,17);7H,1-6H3,(H2,12,13,14,15,16,17);7H,1-6H3,(H,11,12);1,3H2,(H,4,5,6,7);(H3,2,3,4,5,6). The molecule has 24 heteroatoms. The Labute approximate surface area is 352 Å². The van der Waals surface area contributed by atoms with E-state index in [1.165, 1.54) is 0 Å². The minimum absolute atomic E-state index is 0.0276. The number of carbonyl (C=O) groups is 3. The normalized spacial score (nSPS) is 12.2. The fraction of sp³-hybridized carbons (Fsp3) is 0.806. The maximum atomic E-state index is 12.3. The molecule has 0 aliphatic carbocycles. The Hall–Kier alpha value is -5.55. The number of nitrogens with one attached hydrogen (secondary N) is 6. The first-order valence-corrected chi connectivity index (χ1v) is 19.3. The molecule has 4 rings (SSSR count). The monoisotopic (exact) mass is 849 g/mol. The lowest BCUT2D eigenvalue weighted by atomic mass is 9.66. The van der Waals surface area contributed by atoms with Crippen molar-refractivity contribution in [2.45, 2.75) is 138 Å². The summed E-state index contributed by atoms with van der Waals surface area (Å²) in [5, 5.41) is 65.9. The zero-order chi connectivity index (χ0) is 46.9. The Morgan fingerprint density at radius 1 is 0.533 bits per heavy atom. The molecule has 0 saturated carbocycles. The predicted molar refractivity (Wildman–Crippen MR) is 224 cm³/mol. The van der Waals surface area contributed by atoms with Gasteiger partial charge in [-0.05, 0) is 42.9 Å². The molecule has 340 valence electrons. The highest BCUT2D eigenvalue weighted by Gasteiger charge is 2.42. The van der Waals surface area contributed by atoms with Crippen molar-refractivity contribution in [2.24, 2.45) is 56.0 Å². The lowest BCUT2D eigenvalue weighted by Gasteiger charge is -2.39. The van der Waals surface area contributed by atoms with Crippen molar-refractivity contribution in [3.8, 4) is 0 Å². The highest BCUT2D eigenvalue weighted by Crippen LogP contribution is 2.42. The van der Waals surface area contributed by atoms with Crippen LogP contribution in [0.1, 0.15) is 136 Å². The second kappa shape index (κ2) is 22.7. The van der Waals surface area contributed by atoms with Crippen LogP contribution in [0.25, 0.3) is 0 Å². The van der Waals surface area contributed by atoms with E-state index in [9.17, 15) is 14.4 Å². The number of tetrazole rings is 4. The average Bonchev–Trinajstić information content (AvgIpc) is 3.86. The number of anilines is 2. The molecule has 0 atom stereocenters. The number of aliphatic carboxylic acids is 1. The molecule has 24 nitrogen and oxygen atoms in total. The molecular formula is C36H72N20O4. The van der Waals surface area contributed by atoms with Crippen LogP contribution in [0.2, 0.25) is 0 Å². The summed E-state index contributed by atoms with van der Waals surface area (Å²) < 4.78 is 0. The van der Waals surface area contributed by atoms with Crippen molar-refractivity contribution in [1.82, 2.24) is 87.8 Å². The SMILES string of the molecule is CC(C)(C)C(C(=O)NCc1nn[nH]n1)C(C)(C)C.CC(C)(C)C(C(=O)Nc1nn[nH]n1)C(C)(C)C.CC(C)(C)C(C(=O)O)C(C)(C)C.NCc1nn[nH]n1.Nc1nn[nH]n1. The molecule has 0 radical (unpaired) electrons. The van der Waals surface area contributed by atoms with E-state index in [1.54, 1.807) is 0 Å². The third-order valence-electron chi connectivity index (χ3n) is 8.29. The molecule has 0 unspecified atom stereocenters. The van der Waals surface area contributed by atoms with Gasteiger partial charge < -0.3 is 21.9 Å². The van der Waals surface area contributed by atoms with Gasteiger partial charge in [0.25, 0.3) is 11.9 Å². The van der Waals surface area contributed by atoms with Crippen LogP contribution < -0.4 is 22.1 Å². The molecule has 0 bridgehead atoms. The highest BCUT2D eigenvalue weighted by molar-refractivity contribution is 5.91. The molecule has 11 N–H and O–H groups in total. The highest BCUT2D eigenvalue weighted by atomic mass is 16.4. The van der Waals surface area contributed by atoms with Gasteiger partial charge in [-0.2, -0.15) is 20.9 Å². The largest absolute Gasteiger partial charge is 0.481 e. The number of H-pyrrole nitrogens is 4. The summed E-state index contributed by atoms with van der Waals surface area (Å²) in [7, 11) is 0. The molecule has 0 aromatic carbocycles. The molecule has 4 heterocycles. The van der Waals surface area contributed by atoms with Crippen molar-refractivity contribution in [1.29, 1.82) is 0 Å². The zero-order valence-electron chi connectivity index (χ0n) is 38.8. The molecule has 0 saturated heterocycles. The molecule has 0 aliphatic rings. The quantitative estimate of drug-likeness (QED) is 0.128. The van der Waals surface area contributed by atoms with Crippen LogP contribution in [0.4, 0.5) is 11.9 Å². The number of hydrogen-bond donors (Lipinski definition) is 9. The Morgan fingerprint density at radius 2 is 0.900 bits per heavy atom. The lowest BCUT2D eigenvalue weighted by Crippen LogP contribution is -2.45. The molecule has 2 amide bonds. The Bertz CT molecular complexity index is 1710. The van der Waals surface area contributed by atoms with E-state index in [4.69, 9.17) is 16.6 Å². The summed E-state index contributed by atoms with van der Waals surface area (Å²) in [6, 6.07) is 0. The molecular weight excluding hydrogens is 777 g/mol. The number of aromatic amines is 4. The number of rotatable bonds is 7. The van der Waals surface area contributed by atoms with Gasteiger partial charge in [-0.3, -0.25) is 19.7 Å². The van der Waals surface area contributed by atoms with E-state index in [0.717, 1.165) is 0 Å². The van der Waals surface area contributed by atoms with E-state index < -0.39 is 5.97 Å². The maximum absolute atomic E-state index is 12.3. The van der Waals surface area contributed by atoms with E-state index in [1.807, 2.05) is 41.5 Å². The predicted octanol–water partition coefficient (Wildman–Crippen LogP) is 3.59. The summed E-state index contributed by atoms with van der Waals surface area (Å²) >= 11 is 0. The van der Waals surface area contributed by atoms with Crippen LogP contribution in [-0.4, -0.2) is 105 Å². The van der Waals surface area contributed by atoms with Gasteiger partial charge >= 0.3 is 5.97 Å². The topological polar surface area (TPSA) is 365 Å². The number of carboxylic acids is 1. The van der Waals surface area contributed by atoms with Gasteiger partial charge in [-0.15, -0.1) is 30.6 Å². The van der Waals surface area contributed by atoms with E-state index >= 15 is 0 Å². The van der Waals surface area contributed by atoms with Crippen LogP contribution in [-0.2, 0) is 27.5 Å². The Kier molecular flexibility index (Phi) is 20.6. The van der Waals surface area contributed by atoms with Crippen molar-refractivity contribution in [3.63, 3.8) is 0 Å². The lowest BCUT2D eigenvalue weighted by molar-refractivity contribution is -0.151. The second-order valence-electron chi connectivity index (χ2n) is 20.4. The van der Waals surface area contributed by atoms with Crippen LogP contribution in [0, 0.1) is 50.2 Å². The van der Waals surface area contributed by atoms with E-state index in [-0.39, 0.29) is 74.0 Å². The Balaban J connectivity index is 0.000000765. The van der Waals surface area contributed by atoms with Gasteiger partial charge in [0.05, 0.1) is 19.0 Å². The van der Waals surface area contributed by atoms with Crippen molar-refractivity contribution >= 4 is 29.7 Å². The Morgan fingerprint density at radius 3 is 1.15 bits per heavy atom. The minimum Gasteiger partial charge on any atom is -0.481 e. The van der Waals surface area contributed by atoms with Crippen molar-refractivity contribution in [3.05, 3.63) is 11.6 Å². The van der Waals surface area contributed by atoms with Gasteiger partial charge in [0.15, 0.2) is 11.6 Å². The summed E-state index contributed by atoms with van der Waals surface area (Å²) in [4.78, 5) is 35.6. The zero-order valence-corrected chi connectivity index (χ0v) is 38.8.